The zero-order chi connectivity index (χ0) is 9.97. The minimum Gasteiger partial charge on any atom is -0.392 e. The molecule has 1 saturated heterocycles. The highest BCUT2D eigenvalue weighted by Gasteiger charge is 2.21. The van der Waals surface area contributed by atoms with Crippen molar-refractivity contribution in [2.45, 2.75) is 12.9 Å². The van der Waals surface area contributed by atoms with Gasteiger partial charge in [-0.3, -0.25) is 0 Å². The summed E-state index contributed by atoms with van der Waals surface area (Å²) in [5.74, 6) is -0.400. The van der Waals surface area contributed by atoms with Crippen LogP contribution in [0.1, 0.15) is 17.4 Å². The highest BCUT2D eigenvalue weighted by molar-refractivity contribution is 5.25. The second kappa shape index (κ2) is 4.04. The highest BCUT2D eigenvalue weighted by Crippen LogP contribution is 2.26. The number of rotatable bonds is 2. The maximum atomic E-state index is 13.4. The van der Waals surface area contributed by atoms with Crippen molar-refractivity contribution in [2.75, 3.05) is 13.2 Å². The molecule has 1 N–H and O–H groups in total. The van der Waals surface area contributed by atoms with Gasteiger partial charge in [-0.1, -0.05) is 12.1 Å². The van der Waals surface area contributed by atoms with Gasteiger partial charge in [0, 0.05) is 5.56 Å². The van der Waals surface area contributed by atoms with E-state index in [-0.39, 0.29) is 6.61 Å². The molecule has 1 fully saturated rings. The Morgan fingerprint density at radius 2 is 2.07 bits per heavy atom. The number of halogens is 1. The van der Waals surface area contributed by atoms with Crippen molar-refractivity contribution in [3.8, 4) is 0 Å². The van der Waals surface area contributed by atoms with Crippen LogP contribution >= 0.6 is 0 Å². The van der Waals surface area contributed by atoms with Gasteiger partial charge in [-0.25, -0.2) is 4.39 Å². The number of hydrogen-bond acceptors (Lipinski definition) is 3. The molecule has 1 heterocycles. The average Bonchev–Trinajstić information content (AvgIpc) is 2.70. The number of aliphatic hydroxyl groups excluding tert-OH is 1. The van der Waals surface area contributed by atoms with Crippen molar-refractivity contribution >= 4 is 0 Å². The molecule has 0 atom stereocenters. The zero-order valence-corrected chi connectivity index (χ0v) is 7.57. The van der Waals surface area contributed by atoms with E-state index in [0.717, 1.165) is 0 Å². The lowest BCUT2D eigenvalue weighted by Crippen LogP contribution is -2.02. The molecule has 1 aliphatic rings. The smallest absolute Gasteiger partial charge is 0.186 e. The molecule has 0 aliphatic carbocycles. The van der Waals surface area contributed by atoms with E-state index in [4.69, 9.17) is 14.6 Å². The normalized spacial score (nSPS) is 17.6. The summed E-state index contributed by atoms with van der Waals surface area (Å²) in [5, 5.41) is 8.79. The molecule has 0 amide bonds. The maximum absolute atomic E-state index is 13.4. The van der Waals surface area contributed by atoms with Gasteiger partial charge in [-0.05, 0) is 11.6 Å². The fraction of sp³-hybridized carbons (Fsp3) is 0.400. The predicted octanol–water partition coefficient (Wildman–Crippen LogP) is 1.36. The quantitative estimate of drug-likeness (QED) is 0.779. The first-order chi connectivity index (χ1) is 6.81. The molecule has 3 nitrogen and oxygen atoms in total. The molecule has 1 aromatic rings. The number of benzene rings is 1. The van der Waals surface area contributed by atoms with Crippen LogP contribution in [0.2, 0.25) is 0 Å². The Morgan fingerprint density at radius 3 is 2.64 bits per heavy atom. The Kier molecular flexibility index (Phi) is 2.77. The summed E-state index contributed by atoms with van der Waals surface area (Å²) < 4.78 is 23.8. The van der Waals surface area contributed by atoms with E-state index >= 15 is 0 Å². The summed E-state index contributed by atoms with van der Waals surface area (Å²) in [6, 6.07) is 4.53. The van der Waals surface area contributed by atoms with Crippen molar-refractivity contribution in [3.63, 3.8) is 0 Å². The molecule has 0 saturated carbocycles. The Balaban J connectivity index is 2.25. The van der Waals surface area contributed by atoms with E-state index < -0.39 is 12.1 Å². The molecule has 4 heteroatoms. The third-order valence-electron chi connectivity index (χ3n) is 2.12. The van der Waals surface area contributed by atoms with E-state index in [0.29, 0.717) is 24.3 Å². The number of aliphatic hydroxyl groups is 1. The first kappa shape index (κ1) is 9.58. The third kappa shape index (κ3) is 1.77. The fourth-order valence-corrected chi connectivity index (χ4v) is 1.40. The summed E-state index contributed by atoms with van der Waals surface area (Å²) in [5.41, 5.74) is 0.934. The van der Waals surface area contributed by atoms with Gasteiger partial charge < -0.3 is 14.6 Å². The molecule has 14 heavy (non-hydrogen) atoms. The van der Waals surface area contributed by atoms with Gasteiger partial charge in [0.2, 0.25) is 0 Å². The molecule has 0 unspecified atom stereocenters. The summed E-state index contributed by atoms with van der Waals surface area (Å²) in [6.07, 6.45) is -0.595. The molecule has 0 aromatic heterocycles. The van der Waals surface area contributed by atoms with Crippen LogP contribution in [-0.4, -0.2) is 18.3 Å². The van der Waals surface area contributed by atoms with Crippen molar-refractivity contribution in [1.29, 1.82) is 0 Å². The van der Waals surface area contributed by atoms with Crippen LogP contribution in [0, 0.1) is 5.82 Å². The summed E-state index contributed by atoms with van der Waals surface area (Å²) in [4.78, 5) is 0. The standard InChI is InChI=1S/C10H11FO3/c11-9-5-7(6-12)1-2-8(9)10-13-3-4-14-10/h1-2,5,10,12H,3-4,6H2. The van der Waals surface area contributed by atoms with Gasteiger partial charge in [0.05, 0.1) is 19.8 Å². The lowest BCUT2D eigenvalue weighted by atomic mass is 10.1. The van der Waals surface area contributed by atoms with Crippen LogP contribution in [0.4, 0.5) is 4.39 Å². The Morgan fingerprint density at radius 1 is 1.36 bits per heavy atom. The monoisotopic (exact) mass is 198 g/mol. The van der Waals surface area contributed by atoms with Crippen LogP contribution in [0.15, 0.2) is 18.2 Å². The van der Waals surface area contributed by atoms with Crippen molar-refractivity contribution in [1.82, 2.24) is 0 Å². The Labute approximate surface area is 81.1 Å². The fourth-order valence-electron chi connectivity index (χ4n) is 1.40. The van der Waals surface area contributed by atoms with Crippen molar-refractivity contribution in [2.24, 2.45) is 0 Å². The van der Waals surface area contributed by atoms with Crippen LogP contribution in [-0.2, 0) is 16.1 Å². The molecule has 0 spiro atoms. The van der Waals surface area contributed by atoms with Crippen molar-refractivity contribution < 1.29 is 19.0 Å². The zero-order valence-electron chi connectivity index (χ0n) is 7.57. The van der Waals surface area contributed by atoms with Gasteiger partial charge in [-0.2, -0.15) is 0 Å². The van der Waals surface area contributed by atoms with Crippen molar-refractivity contribution in [3.05, 3.63) is 35.1 Å². The van der Waals surface area contributed by atoms with Gasteiger partial charge in [0.15, 0.2) is 6.29 Å². The van der Waals surface area contributed by atoms with Gasteiger partial charge in [0.1, 0.15) is 5.82 Å². The number of hydrogen-bond donors (Lipinski definition) is 1. The lowest BCUT2D eigenvalue weighted by molar-refractivity contribution is -0.0464. The second-order valence-corrected chi connectivity index (χ2v) is 3.09. The van der Waals surface area contributed by atoms with E-state index in [2.05, 4.69) is 0 Å². The van der Waals surface area contributed by atoms with E-state index in [1.165, 1.54) is 6.07 Å². The first-order valence-electron chi connectivity index (χ1n) is 4.43. The topological polar surface area (TPSA) is 38.7 Å². The minimum atomic E-state index is -0.595. The summed E-state index contributed by atoms with van der Waals surface area (Å²) in [6.45, 7) is 0.821. The van der Waals surface area contributed by atoms with Gasteiger partial charge >= 0.3 is 0 Å². The molecule has 76 valence electrons. The molecule has 2 rings (SSSR count). The maximum Gasteiger partial charge on any atom is 0.186 e. The van der Waals surface area contributed by atoms with E-state index in [9.17, 15) is 4.39 Å². The lowest BCUT2D eigenvalue weighted by Gasteiger charge is -2.10. The van der Waals surface area contributed by atoms with E-state index in [1.54, 1.807) is 12.1 Å². The van der Waals surface area contributed by atoms with Gasteiger partial charge in [-0.15, -0.1) is 0 Å². The molecular formula is C10H11FO3. The van der Waals surface area contributed by atoms with Crippen LogP contribution in [0.25, 0.3) is 0 Å². The van der Waals surface area contributed by atoms with Crippen LogP contribution < -0.4 is 0 Å². The van der Waals surface area contributed by atoms with E-state index in [1.807, 2.05) is 0 Å². The molecule has 1 aliphatic heterocycles. The first-order valence-corrected chi connectivity index (χ1v) is 4.43. The largest absolute Gasteiger partial charge is 0.392 e. The molecular weight excluding hydrogens is 187 g/mol. The summed E-state index contributed by atoms with van der Waals surface area (Å²) >= 11 is 0. The number of ether oxygens (including phenoxy) is 2. The Hall–Kier alpha value is -0.970. The van der Waals surface area contributed by atoms with Crippen LogP contribution in [0.3, 0.4) is 0 Å². The molecule has 0 radical (unpaired) electrons. The third-order valence-corrected chi connectivity index (χ3v) is 2.12. The summed E-state index contributed by atoms with van der Waals surface area (Å²) in [7, 11) is 0. The SMILES string of the molecule is OCc1ccc(C2OCCO2)c(F)c1. The Bertz CT molecular complexity index is 321. The highest BCUT2D eigenvalue weighted by atomic mass is 19.1. The second-order valence-electron chi connectivity index (χ2n) is 3.09. The average molecular weight is 198 g/mol. The minimum absolute atomic E-state index is 0.163. The van der Waals surface area contributed by atoms with Crippen LogP contribution in [0.5, 0.6) is 0 Å². The van der Waals surface area contributed by atoms with Gasteiger partial charge in [0.25, 0.3) is 0 Å². The predicted molar refractivity (Wildman–Crippen MR) is 47.0 cm³/mol. The molecule has 0 bridgehead atoms. The molecule has 1 aromatic carbocycles.